The van der Waals surface area contributed by atoms with Crippen molar-refractivity contribution in [2.24, 2.45) is 0 Å². The summed E-state index contributed by atoms with van der Waals surface area (Å²) in [6, 6.07) is -0.346. The van der Waals surface area contributed by atoms with Gasteiger partial charge in [0.2, 0.25) is 0 Å². The van der Waals surface area contributed by atoms with Crippen molar-refractivity contribution in [2.45, 2.75) is 42.9 Å². The molecule has 3 rings (SSSR count). The molecule has 0 aromatic rings. The maximum absolute atomic E-state index is 9.76. The van der Waals surface area contributed by atoms with Gasteiger partial charge in [0, 0.05) is 6.54 Å². The van der Waals surface area contributed by atoms with Crippen molar-refractivity contribution >= 4 is 0 Å². The first-order valence-corrected chi connectivity index (χ1v) is 5.09. The Labute approximate surface area is 81.9 Å². The van der Waals surface area contributed by atoms with E-state index in [9.17, 15) is 15.3 Å². The summed E-state index contributed by atoms with van der Waals surface area (Å²) >= 11 is 0. The second-order valence-corrected chi connectivity index (χ2v) is 4.54. The van der Waals surface area contributed by atoms with Crippen molar-refractivity contribution in [1.82, 2.24) is 4.90 Å². The van der Waals surface area contributed by atoms with Crippen LogP contribution in [0.3, 0.4) is 0 Å². The molecule has 0 bridgehead atoms. The quantitative estimate of drug-likeness (QED) is 0.406. The zero-order chi connectivity index (χ0) is 9.92. The Kier molecular flexibility index (Phi) is 1.73. The van der Waals surface area contributed by atoms with E-state index in [-0.39, 0.29) is 11.8 Å². The molecule has 3 aliphatic rings. The number of ether oxygens (including phenoxy) is 1. The average Bonchev–Trinajstić information content (AvgIpc) is 2.86. The Hall–Kier alpha value is -0.200. The number of rotatable bonds is 0. The van der Waals surface area contributed by atoms with Crippen LogP contribution in [0.5, 0.6) is 0 Å². The SMILES string of the molecule is O[C@H]1[C@H]2[C@H](O)CC[C@]3(CO3)N2C[C@H]1O. The third-order valence-electron chi connectivity index (χ3n) is 3.71. The lowest BCUT2D eigenvalue weighted by atomic mass is 9.92. The maximum Gasteiger partial charge on any atom is 0.146 e. The number of hydrogen-bond acceptors (Lipinski definition) is 5. The molecule has 3 fully saturated rings. The molecule has 3 saturated heterocycles. The van der Waals surface area contributed by atoms with Crippen LogP contribution in [0.25, 0.3) is 0 Å². The zero-order valence-electron chi connectivity index (χ0n) is 7.83. The Balaban J connectivity index is 1.89. The molecule has 80 valence electrons. The molecule has 3 N–H and O–H groups in total. The number of piperidine rings is 1. The number of aliphatic hydroxyl groups excluding tert-OH is 3. The van der Waals surface area contributed by atoms with Crippen molar-refractivity contribution in [3.63, 3.8) is 0 Å². The van der Waals surface area contributed by atoms with Crippen LogP contribution in [0.2, 0.25) is 0 Å². The topological polar surface area (TPSA) is 76.5 Å². The number of nitrogens with zero attached hydrogens (tertiary/aromatic N) is 1. The first-order chi connectivity index (χ1) is 6.64. The van der Waals surface area contributed by atoms with E-state index in [1.807, 2.05) is 4.90 Å². The molecular weight excluding hydrogens is 186 g/mol. The normalized spacial score (nSPS) is 57.6. The van der Waals surface area contributed by atoms with E-state index in [4.69, 9.17) is 4.74 Å². The minimum atomic E-state index is -0.841. The van der Waals surface area contributed by atoms with Gasteiger partial charge in [0.15, 0.2) is 0 Å². The summed E-state index contributed by atoms with van der Waals surface area (Å²) < 4.78 is 5.39. The van der Waals surface area contributed by atoms with Gasteiger partial charge in [-0.2, -0.15) is 0 Å². The molecule has 5 heteroatoms. The molecule has 0 aromatic carbocycles. The van der Waals surface area contributed by atoms with Crippen molar-refractivity contribution in [3.05, 3.63) is 0 Å². The molecule has 5 atom stereocenters. The molecule has 0 aliphatic carbocycles. The fourth-order valence-electron chi connectivity index (χ4n) is 2.80. The molecule has 1 spiro atoms. The summed E-state index contributed by atoms with van der Waals surface area (Å²) in [6.07, 6.45) is -0.702. The van der Waals surface area contributed by atoms with Crippen LogP contribution in [0, 0.1) is 0 Å². The monoisotopic (exact) mass is 201 g/mol. The molecule has 0 unspecified atom stereocenters. The zero-order valence-corrected chi connectivity index (χ0v) is 7.83. The third kappa shape index (κ3) is 1.02. The molecule has 0 aromatic heterocycles. The maximum atomic E-state index is 9.76. The van der Waals surface area contributed by atoms with Gasteiger partial charge in [0.1, 0.15) is 5.72 Å². The van der Waals surface area contributed by atoms with Crippen LogP contribution >= 0.6 is 0 Å². The molecule has 0 radical (unpaired) electrons. The minimum absolute atomic E-state index is 0.275. The van der Waals surface area contributed by atoms with E-state index in [0.29, 0.717) is 19.6 Å². The van der Waals surface area contributed by atoms with Gasteiger partial charge in [-0.25, -0.2) is 0 Å². The first-order valence-electron chi connectivity index (χ1n) is 5.09. The number of aliphatic hydroxyl groups is 3. The van der Waals surface area contributed by atoms with E-state index in [1.54, 1.807) is 0 Å². The summed E-state index contributed by atoms with van der Waals surface area (Å²) in [4.78, 5) is 1.93. The summed E-state index contributed by atoms with van der Waals surface area (Å²) in [7, 11) is 0. The van der Waals surface area contributed by atoms with Crippen molar-refractivity contribution < 1.29 is 20.1 Å². The molecule has 5 nitrogen and oxygen atoms in total. The predicted molar refractivity (Wildman–Crippen MR) is 46.4 cm³/mol. The van der Waals surface area contributed by atoms with Crippen LogP contribution in [0.1, 0.15) is 12.8 Å². The smallest absolute Gasteiger partial charge is 0.146 e. The average molecular weight is 201 g/mol. The second-order valence-electron chi connectivity index (χ2n) is 4.54. The lowest BCUT2D eigenvalue weighted by molar-refractivity contribution is -0.0773. The van der Waals surface area contributed by atoms with Crippen molar-refractivity contribution in [3.8, 4) is 0 Å². The highest BCUT2D eigenvalue weighted by atomic mass is 16.6. The molecule has 0 amide bonds. The van der Waals surface area contributed by atoms with Crippen LogP contribution < -0.4 is 0 Å². The molecular formula is C9H15NO4. The lowest BCUT2D eigenvalue weighted by Crippen LogP contribution is -2.55. The molecule has 3 aliphatic heterocycles. The van der Waals surface area contributed by atoms with Gasteiger partial charge >= 0.3 is 0 Å². The van der Waals surface area contributed by atoms with Gasteiger partial charge in [-0.1, -0.05) is 0 Å². The van der Waals surface area contributed by atoms with E-state index >= 15 is 0 Å². The Bertz CT molecular complexity index is 255. The first kappa shape index (κ1) is 9.06. The van der Waals surface area contributed by atoms with Gasteiger partial charge in [-0.05, 0) is 12.8 Å². The highest BCUT2D eigenvalue weighted by Gasteiger charge is 2.61. The van der Waals surface area contributed by atoms with Gasteiger partial charge in [-0.15, -0.1) is 0 Å². The van der Waals surface area contributed by atoms with Gasteiger partial charge < -0.3 is 20.1 Å². The predicted octanol–water partition coefficient (Wildman–Crippen LogP) is -1.73. The van der Waals surface area contributed by atoms with Crippen LogP contribution in [0.4, 0.5) is 0 Å². The van der Waals surface area contributed by atoms with Gasteiger partial charge in [-0.3, -0.25) is 4.90 Å². The Morgan fingerprint density at radius 3 is 2.57 bits per heavy atom. The van der Waals surface area contributed by atoms with E-state index in [0.717, 1.165) is 6.42 Å². The van der Waals surface area contributed by atoms with Crippen LogP contribution in [0.15, 0.2) is 0 Å². The Morgan fingerprint density at radius 2 is 1.93 bits per heavy atom. The summed E-state index contributed by atoms with van der Waals surface area (Å²) in [5.74, 6) is 0. The third-order valence-corrected chi connectivity index (χ3v) is 3.71. The highest BCUT2D eigenvalue weighted by Crippen LogP contribution is 2.46. The number of fused-ring (bicyclic) bond motifs is 2. The lowest BCUT2D eigenvalue weighted by Gasteiger charge is -2.39. The number of hydrogen-bond donors (Lipinski definition) is 3. The number of epoxide rings is 1. The molecule has 14 heavy (non-hydrogen) atoms. The summed E-state index contributed by atoms with van der Waals surface area (Å²) in [5, 5.41) is 29.0. The van der Waals surface area contributed by atoms with Crippen molar-refractivity contribution in [1.29, 1.82) is 0 Å². The largest absolute Gasteiger partial charge is 0.391 e. The second kappa shape index (κ2) is 2.68. The van der Waals surface area contributed by atoms with Crippen LogP contribution in [-0.4, -0.2) is 63.4 Å². The van der Waals surface area contributed by atoms with Gasteiger partial charge in [0.05, 0.1) is 31.0 Å². The minimum Gasteiger partial charge on any atom is -0.391 e. The highest BCUT2D eigenvalue weighted by molar-refractivity contribution is 5.09. The Morgan fingerprint density at radius 1 is 1.21 bits per heavy atom. The van der Waals surface area contributed by atoms with Gasteiger partial charge in [0.25, 0.3) is 0 Å². The fourth-order valence-corrected chi connectivity index (χ4v) is 2.80. The standard InChI is InChI=1S/C9H15NO4/c11-5-1-2-9(4-14-9)10-3-6(12)8(13)7(5)10/h5-8,11-13H,1-4H2/t5-,6-,7-,8-,9+/m1/s1. The van der Waals surface area contributed by atoms with E-state index in [1.165, 1.54) is 0 Å². The van der Waals surface area contributed by atoms with E-state index in [2.05, 4.69) is 0 Å². The molecule has 3 heterocycles. The van der Waals surface area contributed by atoms with E-state index < -0.39 is 18.3 Å². The fraction of sp³-hybridized carbons (Fsp3) is 1.00. The molecule has 0 saturated carbocycles. The summed E-state index contributed by atoms with van der Waals surface area (Å²) in [5.41, 5.74) is -0.275. The van der Waals surface area contributed by atoms with Crippen molar-refractivity contribution in [2.75, 3.05) is 13.2 Å². The van der Waals surface area contributed by atoms with Crippen LogP contribution in [-0.2, 0) is 4.74 Å². The summed E-state index contributed by atoms with van der Waals surface area (Å²) in [6.45, 7) is 1.07.